The van der Waals surface area contributed by atoms with E-state index in [1.807, 2.05) is 12.1 Å². The highest BCUT2D eigenvalue weighted by molar-refractivity contribution is 5.64. The molecule has 0 amide bonds. The van der Waals surface area contributed by atoms with Crippen LogP contribution in [0.2, 0.25) is 0 Å². The van der Waals surface area contributed by atoms with E-state index in [1.165, 1.54) is 12.8 Å². The summed E-state index contributed by atoms with van der Waals surface area (Å²) in [6.07, 6.45) is 2.46. The lowest BCUT2D eigenvalue weighted by atomic mass is 10.3. The predicted octanol–water partition coefficient (Wildman–Crippen LogP) is 1.50. The van der Waals surface area contributed by atoms with Crippen molar-refractivity contribution in [3.05, 3.63) is 23.7 Å². The summed E-state index contributed by atoms with van der Waals surface area (Å²) in [6, 6.07) is 3.90. The van der Waals surface area contributed by atoms with E-state index in [9.17, 15) is 0 Å². The summed E-state index contributed by atoms with van der Waals surface area (Å²) in [6.45, 7) is 2.06. The lowest BCUT2D eigenvalue weighted by Crippen LogP contribution is -1.99. The smallest absolute Gasteiger partial charge is 0.184 e. The molecule has 4 heteroatoms. The quantitative estimate of drug-likeness (QED) is 0.737. The van der Waals surface area contributed by atoms with Crippen molar-refractivity contribution in [2.24, 2.45) is 0 Å². The normalized spacial score (nSPS) is 16.4. The largest absolute Gasteiger partial charge is 0.396 e. The molecule has 1 aliphatic carbocycles. The van der Waals surface area contributed by atoms with Crippen molar-refractivity contribution < 1.29 is 0 Å². The van der Waals surface area contributed by atoms with Gasteiger partial charge in [-0.2, -0.15) is 0 Å². The molecule has 0 spiro atoms. The highest BCUT2D eigenvalue weighted by Gasteiger charge is 2.29. The molecule has 2 N–H and O–H groups in total. The Hall–Kier alpha value is -1.58. The maximum absolute atomic E-state index is 5.84. The van der Waals surface area contributed by atoms with Crippen molar-refractivity contribution >= 4 is 11.3 Å². The Kier molecular flexibility index (Phi) is 1.37. The molecule has 1 aliphatic rings. The van der Waals surface area contributed by atoms with Gasteiger partial charge in [-0.15, -0.1) is 10.2 Å². The molecular weight excluding hydrogens is 176 g/mol. The van der Waals surface area contributed by atoms with Gasteiger partial charge in [0.25, 0.3) is 0 Å². The van der Waals surface area contributed by atoms with E-state index in [0.29, 0.717) is 11.6 Å². The van der Waals surface area contributed by atoms with Crippen molar-refractivity contribution in [1.29, 1.82) is 0 Å². The van der Waals surface area contributed by atoms with Gasteiger partial charge in [0.1, 0.15) is 5.82 Å². The molecule has 0 saturated heterocycles. The molecular formula is C10H12N4. The molecule has 0 bridgehead atoms. The van der Waals surface area contributed by atoms with E-state index in [4.69, 9.17) is 5.73 Å². The van der Waals surface area contributed by atoms with Crippen LogP contribution in [-0.4, -0.2) is 14.6 Å². The fourth-order valence-electron chi connectivity index (χ4n) is 1.80. The molecule has 3 rings (SSSR count). The number of pyridine rings is 1. The van der Waals surface area contributed by atoms with Gasteiger partial charge in [-0.05, 0) is 31.9 Å². The van der Waals surface area contributed by atoms with Gasteiger partial charge in [-0.25, -0.2) is 0 Å². The maximum Gasteiger partial charge on any atom is 0.184 e. The van der Waals surface area contributed by atoms with Gasteiger partial charge in [-0.1, -0.05) is 0 Å². The molecule has 0 unspecified atom stereocenters. The van der Waals surface area contributed by atoms with E-state index < -0.39 is 0 Å². The maximum atomic E-state index is 5.84. The van der Waals surface area contributed by atoms with Gasteiger partial charge in [0.15, 0.2) is 5.65 Å². The first kappa shape index (κ1) is 7.79. The van der Waals surface area contributed by atoms with Crippen molar-refractivity contribution in [3.8, 4) is 0 Å². The zero-order chi connectivity index (χ0) is 9.71. The lowest BCUT2D eigenvalue weighted by Gasteiger charge is -2.03. The second kappa shape index (κ2) is 2.47. The van der Waals surface area contributed by atoms with Crippen LogP contribution >= 0.6 is 0 Å². The van der Waals surface area contributed by atoms with Crippen molar-refractivity contribution in [3.63, 3.8) is 0 Å². The number of nitrogens with zero attached hydrogens (tertiary/aromatic N) is 3. The molecule has 0 radical (unpaired) electrons. The third-order valence-electron chi connectivity index (χ3n) is 2.75. The fourth-order valence-corrected chi connectivity index (χ4v) is 1.80. The zero-order valence-electron chi connectivity index (χ0n) is 8.07. The number of hydrogen-bond donors (Lipinski definition) is 1. The third kappa shape index (κ3) is 0.937. The first-order valence-electron chi connectivity index (χ1n) is 4.87. The van der Waals surface area contributed by atoms with E-state index in [1.54, 1.807) is 0 Å². The first-order valence-corrected chi connectivity index (χ1v) is 4.87. The number of fused-ring (bicyclic) bond motifs is 1. The van der Waals surface area contributed by atoms with Crippen LogP contribution in [-0.2, 0) is 0 Å². The number of nitrogen functional groups attached to an aromatic ring is 1. The lowest BCUT2D eigenvalue weighted by molar-refractivity contribution is 0.881. The molecule has 2 aromatic heterocycles. The molecule has 1 fully saturated rings. The Morgan fingerprint density at radius 2 is 2.14 bits per heavy atom. The standard InChI is InChI=1S/C10H12N4/c1-6-2-5-8(11)10-13-12-9(14(6)10)7-3-4-7/h2,5,7H,3-4,11H2,1H3. The zero-order valence-corrected chi connectivity index (χ0v) is 8.07. The number of nitrogens with two attached hydrogens (primary N) is 1. The summed E-state index contributed by atoms with van der Waals surface area (Å²) in [7, 11) is 0. The summed E-state index contributed by atoms with van der Waals surface area (Å²) in [5.74, 6) is 1.68. The van der Waals surface area contributed by atoms with Crippen LogP contribution in [0.3, 0.4) is 0 Å². The molecule has 1 saturated carbocycles. The summed E-state index contributed by atoms with van der Waals surface area (Å²) in [5, 5.41) is 8.34. The summed E-state index contributed by atoms with van der Waals surface area (Å²) < 4.78 is 2.08. The topological polar surface area (TPSA) is 56.2 Å². The van der Waals surface area contributed by atoms with Crippen LogP contribution in [0.4, 0.5) is 5.69 Å². The van der Waals surface area contributed by atoms with Crippen molar-refractivity contribution in [1.82, 2.24) is 14.6 Å². The van der Waals surface area contributed by atoms with E-state index in [2.05, 4.69) is 21.5 Å². The first-order chi connectivity index (χ1) is 6.77. The number of anilines is 1. The van der Waals surface area contributed by atoms with Crippen LogP contribution in [0.5, 0.6) is 0 Å². The predicted molar refractivity (Wildman–Crippen MR) is 54.1 cm³/mol. The van der Waals surface area contributed by atoms with Crippen LogP contribution in [0.1, 0.15) is 30.3 Å². The van der Waals surface area contributed by atoms with Crippen molar-refractivity contribution in [2.75, 3.05) is 5.73 Å². The summed E-state index contributed by atoms with van der Waals surface area (Å²) >= 11 is 0. The molecule has 72 valence electrons. The van der Waals surface area contributed by atoms with Gasteiger partial charge in [0, 0.05) is 11.6 Å². The van der Waals surface area contributed by atoms with Gasteiger partial charge in [0.2, 0.25) is 0 Å². The SMILES string of the molecule is Cc1ccc(N)c2nnc(C3CC3)n12. The number of rotatable bonds is 1. The second-order valence-corrected chi connectivity index (χ2v) is 3.92. The van der Waals surface area contributed by atoms with E-state index in [-0.39, 0.29) is 0 Å². The average Bonchev–Trinajstić information content (AvgIpc) is 2.91. The summed E-state index contributed by atoms with van der Waals surface area (Å²) in [5.41, 5.74) is 8.49. The number of hydrogen-bond acceptors (Lipinski definition) is 3. The molecule has 14 heavy (non-hydrogen) atoms. The molecule has 2 aromatic rings. The molecule has 4 nitrogen and oxygen atoms in total. The molecule has 0 atom stereocenters. The Morgan fingerprint density at radius 3 is 2.86 bits per heavy atom. The average molecular weight is 188 g/mol. The Morgan fingerprint density at radius 1 is 1.36 bits per heavy atom. The van der Waals surface area contributed by atoms with E-state index in [0.717, 1.165) is 17.2 Å². The van der Waals surface area contributed by atoms with Gasteiger partial charge >= 0.3 is 0 Å². The minimum atomic E-state index is 0.602. The van der Waals surface area contributed by atoms with Crippen LogP contribution in [0.25, 0.3) is 5.65 Å². The molecule has 2 heterocycles. The fraction of sp³-hybridized carbons (Fsp3) is 0.400. The minimum Gasteiger partial charge on any atom is -0.396 e. The monoisotopic (exact) mass is 188 g/mol. The van der Waals surface area contributed by atoms with Crippen LogP contribution in [0.15, 0.2) is 12.1 Å². The Balaban J connectivity index is 2.37. The number of aromatic nitrogens is 3. The van der Waals surface area contributed by atoms with Crippen LogP contribution < -0.4 is 5.73 Å². The van der Waals surface area contributed by atoms with Crippen LogP contribution in [0, 0.1) is 6.92 Å². The Bertz CT molecular complexity index is 496. The highest BCUT2D eigenvalue weighted by atomic mass is 15.3. The number of aryl methyl sites for hydroxylation is 1. The van der Waals surface area contributed by atoms with Crippen molar-refractivity contribution in [2.45, 2.75) is 25.7 Å². The third-order valence-corrected chi connectivity index (χ3v) is 2.75. The molecule has 0 aliphatic heterocycles. The van der Waals surface area contributed by atoms with Gasteiger partial charge in [0.05, 0.1) is 5.69 Å². The van der Waals surface area contributed by atoms with Gasteiger partial charge in [-0.3, -0.25) is 4.40 Å². The van der Waals surface area contributed by atoms with E-state index >= 15 is 0 Å². The van der Waals surface area contributed by atoms with Gasteiger partial charge < -0.3 is 5.73 Å². The second-order valence-electron chi connectivity index (χ2n) is 3.92. The highest BCUT2D eigenvalue weighted by Crippen LogP contribution is 2.39. The Labute approximate surface area is 81.8 Å². The summed E-state index contributed by atoms with van der Waals surface area (Å²) in [4.78, 5) is 0. The molecule has 0 aromatic carbocycles. The minimum absolute atomic E-state index is 0.602.